The lowest BCUT2D eigenvalue weighted by atomic mass is 10.3. The van der Waals surface area contributed by atoms with E-state index in [2.05, 4.69) is 10.0 Å². The topological polar surface area (TPSA) is 103 Å². The van der Waals surface area contributed by atoms with Crippen LogP contribution in [0, 0.1) is 0 Å². The Balaban J connectivity index is 3.41. The summed E-state index contributed by atoms with van der Waals surface area (Å²) >= 11 is 5.58. The van der Waals surface area contributed by atoms with E-state index >= 15 is 0 Å². The quantitative estimate of drug-likeness (QED) is 0.367. The minimum Gasteiger partial charge on any atom is -0.282 e. The van der Waals surface area contributed by atoms with E-state index in [4.69, 9.17) is 21.7 Å². The highest BCUT2D eigenvalue weighted by atomic mass is 35.5. The van der Waals surface area contributed by atoms with Gasteiger partial charge in [-0.1, -0.05) is 16.7 Å². The van der Waals surface area contributed by atoms with Crippen molar-refractivity contribution in [2.75, 3.05) is 0 Å². The van der Waals surface area contributed by atoms with Crippen LogP contribution in [0.15, 0.2) is 28.2 Å². The van der Waals surface area contributed by atoms with Gasteiger partial charge in [0, 0.05) is 4.91 Å². The fourth-order valence-electron chi connectivity index (χ4n) is 0.778. The zero-order valence-electron chi connectivity index (χ0n) is 6.62. The first-order valence-corrected chi connectivity index (χ1v) is 5.09. The van der Waals surface area contributed by atoms with Crippen LogP contribution in [0.1, 0.15) is 0 Å². The lowest BCUT2D eigenvalue weighted by molar-refractivity contribution is 0.483. The van der Waals surface area contributed by atoms with Crippen LogP contribution in [-0.2, 0) is 10.1 Å². The molecule has 0 aromatic heterocycles. The van der Waals surface area contributed by atoms with E-state index in [1.807, 2.05) is 0 Å². The molecule has 0 unspecified atom stereocenters. The van der Waals surface area contributed by atoms with Crippen LogP contribution in [-0.4, -0.2) is 13.0 Å². The molecule has 74 valence electrons. The number of azide groups is 1. The summed E-state index contributed by atoms with van der Waals surface area (Å²) in [6, 6.07) is 3.31. The lowest BCUT2D eigenvalue weighted by Gasteiger charge is -1.99. The van der Waals surface area contributed by atoms with Gasteiger partial charge in [-0.15, -0.1) is 0 Å². The van der Waals surface area contributed by atoms with Crippen molar-refractivity contribution in [3.63, 3.8) is 0 Å². The molecule has 1 N–H and O–H groups in total. The SMILES string of the molecule is [N-]=[N+]=Nc1cc(S(=O)(=O)O)ccc1Cl. The maximum atomic E-state index is 10.7. The Labute approximate surface area is 84.5 Å². The van der Waals surface area contributed by atoms with Crippen LogP contribution in [0.2, 0.25) is 5.02 Å². The number of hydrogen-bond acceptors (Lipinski definition) is 3. The average molecular weight is 234 g/mol. The largest absolute Gasteiger partial charge is 0.294 e. The van der Waals surface area contributed by atoms with Gasteiger partial charge in [-0.05, 0) is 23.7 Å². The molecular weight excluding hydrogens is 230 g/mol. The maximum absolute atomic E-state index is 10.7. The predicted molar refractivity (Wildman–Crippen MR) is 50.1 cm³/mol. The number of nitrogens with zero attached hydrogens (tertiary/aromatic N) is 3. The first kappa shape index (κ1) is 10.8. The molecular formula is C6H4ClN3O3S. The fourth-order valence-corrected chi connectivity index (χ4v) is 1.43. The van der Waals surface area contributed by atoms with Crippen molar-refractivity contribution in [1.82, 2.24) is 0 Å². The van der Waals surface area contributed by atoms with Gasteiger partial charge >= 0.3 is 0 Å². The van der Waals surface area contributed by atoms with E-state index in [-0.39, 0.29) is 15.6 Å². The van der Waals surface area contributed by atoms with Crippen LogP contribution in [0.4, 0.5) is 5.69 Å². The molecule has 0 aliphatic heterocycles. The van der Waals surface area contributed by atoms with E-state index in [9.17, 15) is 8.42 Å². The number of halogens is 1. The summed E-state index contributed by atoms with van der Waals surface area (Å²) in [6.07, 6.45) is 0. The molecule has 6 nitrogen and oxygen atoms in total. The monoisotopic (exact) mass is 233 g/mol. The molecule has 1 aromatic rings. The highest BCUT2D eigenvalue weighted by Crippen LogP contribution is 2.27. The van der Waals surface area contributed by atoms with Gasteiger partial charge in [0.15, 0.2) is 0 Å². The van der Waals surface area contributed by atoms with Crippen molar-refractivity contribution >= 4 is 27.4 Å². The Morgan fingerprint density at radius 2 is 2.14 bits per heavy atom. The third kappa shape index (κ3) is 2.36. The third-order valence-electron chi connectivity index (χ3n) is 1.37. The number of hydrogen-bond donors (Lipinski definition) is 1. The molecule has 0 aliphatic rings. The summed E-state index contributed by atoms with van der Waals surface area (Å²) in [7, 11) is -4.30. The Hall–Kier alpha value is -1.27. The molecule has 0 saturated heterocycles. The summed E-state index contributed by atoms with van der Waals surface area (Å²) in [4.78, 5) is 2.08. The fraction of sp³-hybridized carbons (Fsp3) is 0. The molecule has 0 amide bonds. The summed E-state index contributed by atoms with van der Waals surface area (Å²) in [5.41, 5.74) is 8.07. The number of benzene rings is 1. The first-order valence-electron chi connectivity index (χ1n) is 3.27. The van der Waals surface area contributed by atoms with Crippen molar-refractivity contribution in [1.29, 1.82) is 0 Å². The van der Waals surface area contributed by atoms with Gasteiger partial charge in [0.25, 0.3) is 10.1 Å². The standard InChI is InChI=1S/C6H4ClN3O3S/c7-5-2-1-4(14(11,12)13)3-6(5)9-10-8/h1-3H,(H,11,12,13). The van der Waals surface area contributed by atoms with Gasteiger partial charge < -0.3 is 0 Å². The second-order valence-corrected chi connectivity index (χ2v) is 4.11. The van der Waals surface area contributed by atoms with Gasteiger partial charge in [-0.3, -0.25) is 4.55 Å². The summed E-state index contributed by atoms with van der Waals surface area (Å²) < 4.78 is 30.0. The zero-order valence-corrected chi connectivity index (χ0v) is 8.20. The van der Waals surface area contributed by atoms with Gasteiger partial charge in [0.05, 0.1) is 15.6 Å². The van der Waals surface area contributed by atoms with Gasteiger partial charge in [0.1, 0.15) is 0 Å². The van der Waals surface area contributed by atoms with Crippen LogP contribution >= 0.6 is 11.6 Å². The highest BCUT2D eigenvalue weighted by Gasteiger charge is 2.10. The smallest absolute Gasteiger partial charge is 0.282 e. The minimum atomic E-state index is -4.30. The van der Waals surface area contributed by atoms with Crippen LogP contribution in [0.3, 0.4) is 0 Å². The second kappa shape index (κ2) is 3.85. The molecule has 0 saturated carbocycles. The molecule has 0 heterocycles. The van der Waals surface area contributed by atoms with Crippen LogP contribution in [0.5, 0.6) is 0 Å². The van der Waals surface area contributed by atoms with Gasteiger partial charge in [-0.25, -0.2) is 0 Å². The Bertz CT molecular complexity index is 507. The molecule has 14 heavy (non-hydrogen) atoms. The first-order chi connectivity index (χ1) is 6.45. The van der Waals surface area contributed by atoms with Gasteiger partial charge in [0.2, 0.25) is 0 Å². The minimum absolute atomic E-state index is 0.0516. The second-order valence-electron chi connectivity index (χ2n) is 2.28. The highest BCUT2D eigenvalue weighted by molar-refractivity contribution is 7.85. The average Bonchev–Trinajstić information content (AvgIpc) is 2.07. The van der Waals surface area contributed by atoms with Crippen LogP contribution < -0.4 is 0 Å². The summed E-state index contributed by atoms with van der Waals surface area (Å²) in [6.45, 7) is 0. The third-order valence-corrected chi connectivity index (χ3v) is 2.54. The van der Waals surface area contributed by atoms with Crippen molar-refractivity contribution in [3.05, 3.63) is 33.7 Å². The molecule has 1 rings (SSSR count). The Kier molecular flexibility index (Phi) is 2.97. The van der Waals surface area contributed by atoms with Crippen molar-refractivity contribution in [2.24, 2.45) is 5.11 Å². The normalized spacial score (nSPS) is 10.7. The van der Waals surface area contributed by atoms with E-state index in [0.29, 0.717) is 0 Å². The molecule has 0 bridgehead atoms. The van der Waals surface area contributed by atoms with Gasteiger partial charge in [-0.2, -0.15) is 8.42 Å². The van der Waals surface area contributed by atoms with Crippen molar-refractivity contribution < 1.29 is 13.0 Å². The summed E-state index contributed by atoms with van der Waals surface area (Å²) in [5, 5.41) is 3.26. The lowest BCUT2D eigenvalue weighted by Crippen LogP contribution is -1.96. The maximum Gasteiger partial charge on any atom is 0.294 e. The molecule has 0 radical (unpaired) electrons. The molecule has 0 spiro atoms. The molecule has 0 aliphatic carbocycles. The van der Waals surface area contributed by atoms with Crippen molar-refractivity contribution in [2.45, 2.75) is 4.90 Å². The Morgan fingerprint density at radius 1 is 1.50 bits per heavy atom. The Morgan fingerprint density at radius 3 is 2.64 bits per heavy atom. The van der Waals surface area contributed by atoms with E-state index in [1.165, 1.54) is 6.07 Å². The molecule has 0 fully saturated rings. The number of rotatable bonds is 2. The molecule has 1 aromatic carbocycles. The molecule has 0 atom stereocenters. The van der Waals surface area contributed by atoms with E-state index < -0.39 is 10.1 Å². The molecule has 8 heteroatoms. The summed E-state index contributed by atoms with van der Waals surface area (Å²) in [5.74, 6) is 0. The van der Waals surface area contributed by atoms with E-state index in [0.717, 1.165) is 12.1 Å². The van der Waals surface area contributed by atoms with E-state index in [1.54, 1.807) is 0 Å². The predicted octanol–water partition coefficient (Wildman–Crippen LogP) is 2.53. The van der Waals surface area contributed by atoms with Crippen LogP contribution in [0.25, 0.3) is 10.4 Å². The zero-order chi connectivity index (χ0) is 10.8. The van der Waals surface area contributed by atoms with Crippen molar-refractivity contribution in [3.8, 4) is 0 Å².